The van der Waals surface area contributed by atoms with Gasteiger partial charge in [-0.25, -0.2) is 0 Å². The fourth-order valence-corrected chi connectivity index (χ4v) is 1.70. The molecule has 1 aromatic rings. The SMILES string of the molecule is CCCCN(CCC)C(=O)C(=O)Nc1cccnc1. The number of carbonyl (C=O) groups is 2. The van der Waals surface area contributed by atoms with Gasteiger partial charge in [0, 0.05) is 19.3 Å². The molecule has 1 heterocycles. The van der Waals surface area contributed by atoms with Crippen molar-refractivity contribution in [1.29, 1.82) is 0 Å². The van der Waals surface area contributed by atoms with Crippen LogP contribution in [0.1, 0.15) is 33.1 Å². The number of nitrogens with one attached hydrogen (secondary N) is 1. The molecule has 0 saturated heterocycles. The molecular weight excluding hydrogens is 242 g/mol. The van der Waals surface area contributed by atoms with E-state index >= 15 is 0 Å². The zero-order chi connectivity index (χ0) is 14.1. The third kappa shape index (κ3) is 5.07. The molecule has 0 aliphatic heterocycles. The lowest BCUT2D eigenvalue weighted by atomic mass is 10.3. The Labute approximate surface area is 114 Å². The molecule has 0 aromatic carbocycles. The first kappa shape index (κ1) is 15.1. The summed E-state index contributed by atoms with van der Waals surface area (Å²) >= 11 is 0. The number of rotatable bonds is 6. The Morgan fingerprint density at radius 3 is 2.63 bits per heavy atom. The summed E-state index contributed by atoms with van der Waals surface area (Å²) in [6, 6.07) is 3.41. The fourth-order valence-electron chi connectivity index (χ4n) is 1.70. The highest BCUT2D eigenvalue weighted by atomic mass is 16.2. The zero-order valence-electron chi connectivity index (χ0n) is 11.6. The number of amides is 2. The van der Waals surface area contributed by atoms with Gasteiger partial charge in [0.05, 0.1) is 11.9 Å². The predicted molar refractivity (Wildman–Crippen MR) is 74.6 cm³/mol. The number of nitrogens with zero attached hydrogens (tertiary/aromatic N) is 2. The average Bonchev–Trinajstić information content (AvgIpc) is 2.43. The van der Waals surface area contributed by atoms with E-state index in [1.54, 1.807) is 23.2 Å². The van der Waals surface area contributed by atoms with Gasteiger partial charge in [0.15, 0.2) is 0 Å². The summed E-state index contributed by atoms with van der Waals surface area (Å²) in [5, 5.41) is 2.56. The van der Waals surface area contributed by atoms with Gasteiger partial charge in [0.1, 0.15) is 0 Å². The van der Waals surface area contributed by atoms with Crippen molar-refractivity contribution < 1.29 is 9.59 Å². The Morgan fingerprint density at radius 1 is 1.26 bits per heavy atom. The average molecular weight is 263 g/mol. The summed E-state index contributed by atoms with van der Waals surface area (Å²) in [6.45, 7) is 5.29. The molecule has 0 aliphatic carbocycles. The van der Waals surface area contributed by atoms with E-state index < -0.39 is 11.8 Å². The summed E-state index contributed by atoms with van der Waals surface area (Å²) < 4.78 is 0. The Morgan fingerprint density at radius 2 is 2.05 bits per heavy atom. The maximum Gasteiger partial charge on any atom is 0.313 e. The van der Waals surface area contributed by atoms with Crippen LogP contribution in [0.4, 0.5) is 5.69 Å². The molecule has 0 spiro atoms. The van der Waals surface area contributed by atoms with Crippen LogP contribution >= 0.6 is 0 Å². The van der Waals surface area contributed by atoms with E-state index in [-0.39, 0.29) is 0 Å². The van der Waals surface area contributed by atoms with E-state index in [1.807, 2.05) is 6.92 Å². The van der Waals surface area contributed by atoms with E-state index in [0.29, 0.717) is 18.8 Å². The van der Waals surface area contributed by atoms with Crippen LogP contribution in [0.5, 0.6) is 0 Å². The predicted octanol–water partition coefficient (Wildman–Crippen LogP) is 2.06. The molecular formula is C14H21N3O2. The molecule has 5 nitrogen and oxygen atoms in total. The summed E-state index contributed by atoms with van der Waals surface area (Å²) in [5.74, 6) is -1.07. The van der Waals surface area contributed by atoms with E-state index in [0.717, 1.165) is 19.3 Å². The minimum Gasteiger partial charge on any atom is -0.334 e. The topological polar surface area (TPSA) is 62.3 Å². The molecule has 0 aliphatic rings. The van der Waals surface area contributed by atoms with Crippen molar-refractivity contribution in [3.63, 3.8) is 0 Å². The van der Waals surface area contributed by atoms with Crippen LogP contribution in [0.2, 0.25) is 0 Å². The monoisotopic (exact) mass is 263 g/mol. The molecule has 5 heteroatoms. The van der Waals surface area contributed by atoms with Gasteiger partial charge in [0.25, 0.3) is 0 Å². The first-order chi connectivity index (χ1) is 9.19. The minimum atomic E-state index is -0.599. The third-order valence-electron chi connectivity index (χ3n) is 2.68. The number of unbranched alkanes of at least 4 members (excludes halogenated alkanes) is 1. The highest BCUT2D eigenvalue weighted by Gasteiger charge is 2.20. The number of hydrogen-bond acceptors (Lipinski definition) is 3. The summed E-state index contributed by atoms with van der Waals surface area (Å²) in [7, 11) is 0. The Balaban J connectivity index is 2.60. The van der Waals surface area contributed by atoms with Gasteiger partial charge >= 0.3 is 11.8 Å². The van der Waals surface area contributed by atoms with Crippen LogP contribution in [0.25, 0.3) is 0 Å². The molecule has 104 valence electrons. The Hall–Kier alpha value is -1.91. The van der Waals surface area contributed by atoms with Crippen LogP contribution in [0, 0.1) is 0 Å². The van der Waals surface area contributed by atoms with Crippen molar-refractivity contribution in [2.24, 2.45) is 0 Å². The molecule has 0 fully saturated rings. The summed E-state index contributed by atoms with van der Waals surface area (Å²) in [4.78, 5) is 29.4. The second kappa shape index (κ2) is 8.24. The Kier molecular flexibility index (Phi) is 6.57. The highest BCUT2D eigenvalue weighted by Crippen LogP contribution is 2.04. The molecule has 0 bridgehead atoms. The van der Waals surface area contributed by atoms with Crippen molar-refractivity contribution in [3.8, 4) is 0 Å². The molecule has 2 amide bonds. The van der Waals surface area contributed by atoms with Crippen molar-refractivity contribution in [3.05, 3.63) is 24.5 Å². The first-order valence-corrected chi connectivity index (χ1v) is 6.69. The molecule has 0 saturated carbocycles. The van der Waals surface area contributed by atoms with Gasteiger partial charge in [-0.3, -0.25) is 14.6 Å². The number of carbonyl (C=O) groups excluding carboxylic acids is 2. The lowest BCUT2D eigenvalue weighted by molar-refractivity contribution is -0.143. The van der Waals surface area contributed by atoms with Crippen molar-refractivity contribution >= 4 is 17.5 Å². The third-order valence-corrected chi connectivity index (χ3v) is 2.68. The minimum absolute atomic E-state index is 0.473. The van der Waals surface area contributed by atoms with Gasteiger partial charge in [-0.05, 0) is 25.0 Å². The molecule has 1 N–H and O–H groups in total. The molecule has 19 heavy (non-hydrogen) atoms. The number of aromatic nitrogens is 1. The lowest BCUT2D eigenvalue weighted by Gasteiger charge is -2.21. The molecule has 0 unspecified atom stereocenters. The van der Waals surface area contributed by atoms with Crippen LogP contribution in [0.3, 0.4) is 0 Å². The second-order valence-electron chi connectivity index (χ2n) is 4.34. The quantitative estimate of drug-likeness (QED) is 0.799. The van der Waals surface area contributed by atoms with E-state index in [1.165, 1.54) is 6.20 Å². The van der Waals surface area contributed by atoms with Crippen LogP contribution in [-0.2, 0) is 9.59 Å². The summed E-state index contributed by atoms with van der Waals surface area (Å²) in [5.41, 5.74) is 0.535. The van der Waals surface area contributed by atoms with Gasteiger partial charge in [-0.1, -0.05) is 20.3 Å². The number of anilines is 1. The molecule has 1 rings (SSSR count). The highest BCUT2D eigenvalue weighted by molar-refractivity contribution is 6.39. The van der Waals surface area contributed by atoms with Crippen molar-refractivity contribution in [2.45, 2.75) is 33.1 Å². The first-order valence-electron chi connectivity index (χ1n) is 6.69. The van der Waals surface area contributed by atoms with Crippen molar-refractivity contribution in [1.82, 2.24) is 9.88 Å². The van der Waals surface area contributed by atoms with Gasteiger partial charge in [-0.2, -0.15) is 0 Å². The zero-order valence-corrected chi connectivity index (χ0v) is 11.6. The fraction of sp³-hybridized carbons (Fsp3) is 0.500. The smallest absolute Gasteiger partial charge is 0.313 e. The number of hydrogen-bond donors (Lipinski definition) is 1. The van der Waals surface area contributed by atoms with E-state index in [2.05, 4.69) is 17.2 Å². The Bertz CT molecular complexity index is 406. The van der Waals surface area contributed by atoms with E-state index in [9.17, 15) is 9.59 Å². The van der Waals surface area contributed by atoms with Crippen LogP contribution in [-0.4, -0.2) is 34.8 Å². The molecule has 0 radical (unpaired) electrons. The second-order valence-corrected chi connectivity index (χ2v) is 4.34. The normalized spacial score (nSPS) is 10.0. The van der Waals surface area contributed by atoms with Crippen LogP contribution < -0.4 is 5.32 Å². The van der Waals surface area contributed by atoms with Gasteiger partial charge in [0.2, 0.25) is 0 Å². The maximum atomic E-state index is 12.0. The lowest BCUT2D eigenvalue weighted by Crippen LogP contribution is -2.40. The van der Waals surface area contributed by atoms with Gasteiger partial charge in [-0.15, -0.1) is 0 Å². The maximum absolute atomic E-state index is 12.0. The van der Waals surface area contributed by atoms with Crippen molar-refractivity contribution in [2.75, 3.05) is 18.4 Å². The largest absolute Gasteiger partial charge is 0.334 e. The standard InChI is InChI=1S/C14H21N3O2/c1-3-5-10-17(9-4-2)14(19)13(18)16-12-7-6-8-15-11-12/h6-8,11H,3-5,9-10H2,1-2H3,(H,16,18). The van der Waals surface area contributed by atoms with E-state index in [4.69, 9.17) is 0 Å². The molecule has 0 atom stereocenters. The van der Waals surface area contributed by atoms with Gasteiger partial charge < -0.3 is 10.2 Å². The number of pyridine rings is 1. The summed E-state index contributed by atoms with van der Waals surface area (Å²) in [6.07, 6.45) is 5.88. The van der Waals surface area contributed by atoms with Crippen LogP contribution in [0.15, 0.2) is 24.5 Å². The molecule has 1 aromatic heterocycles.